The number of aryl methyl sites for hydroxylation is 1. The van der Waals surface area contributed by atoms with E-state index < -0.39 is 0 Å². The van der Waals surface area contributed by atoms with Gasteiger partial charge in [-0.3, -0.25) is 0 Å². The zero-order chi connectivity index (χ0) is 15.4. The lowest BCUT2D eigenvalue weighted by Gasteiger charge is -2.13. The summed E-state index contributed by atoms with van der Waals surface area (Å²) in [6.45, 7) is 2.26. The monoisotopic (exact) mass is 288 g/mol. The molecule has 1 heterocycles. The lowest BCUT2D eigenvalue weighted by atomic mass is 10.2. The van der Waals surface area contributed by atoms with E-state index >= 15 is 0 Å². The molecule has 21 heavy (non-hydrogen) atoms. The Hall–Kier alpha value is -2.43. The van der Waals surface area contributed by atoms with Crippen molar-refractivity contribution >= 4 is 17.3 Å². The largest absolute Gasteiger partial charge is 0.465 e. The summed E-state index contributed by atoms with van der Waals surface area (Å²) >= 11 is 0. The number of carbonyl (C=O) groups is 1. The Labute approximate surface area is 124 Å². The molecule has 0 aliphatic carbocycles. The van der Waals surface area contributed by atoms with Gasteiger partial charge in [0.2, 0.25) is 0 Å². The van der Waals surface area contributed by atoms with Gasteiger partial charge in [-0.1, -0.05) is 0 Å². The Morgan fingerprint density at radius 2 is 1.95 bits per heavy atom. The van der Waals surface area contributed by atoms with E-state index in [0.717, 1.165) is 11.4 Å². The van der Waals surface area contributed by atoms with Crippen LogP contribution in [-0.4, -0.2) is 27.2 Å². The molecule has 5 heteroatoms. The fourth-order valence-corrected chi connectivity index (χ4v) is 2.01. The van der Waals surface area contributed by atoms with Gasteiger partial charge in [0, 0.05) is 25.5 Å². The molecule has 2 aromatic rings. The van der Waals surface area contributed by atoms with Crippen LogP contribution in [0.4, 0.5) is 11.4 Å². The van der Waals surface area contributed by atoms with Crippen LogP contribution < -0.4 is 10.2 Å². The smallest absolute Gasteiger partial charge is 0.341 e. The van der Waals surface area contributed by atoms with Crippen LogP contribution in [0.5, 0.6) is 0 Å². The first-order valence-electron chi connectivity index (χ1n) is 6.70. The van der Waals surface area contributed by atoms with Gasteiger partial charge >= 0.3 is 5.97 Å². The van der Waals surface area contributed by atoms with Gasteiger partial charge in [0.15, 0.2) is 0 Å². The van der Waals surface area contributed by atoms with Gasteiger partial charge in [0.1, 0.15) is 17.1 Å². The highest BCUT2D eigenvalue weighted by atomic mass is 16.5. The highest BCUT2D eigenvalue weighted by Crippen LogP contribution is 2.19. The quantitative estimate of drug-likeness (QED) is 0.857. The van der Waals surface area contributed by atoms with E-state index in [1.54, 1.807) is 13.0 Å². The van der Waals surface area contributed by atoms with Crippen molar-refractivity contribution < 1.29 is 13.9 Å². The molecular formula is C16H20N2O3. The van der Waals surface area contributed by atoms with Gasteiger partial charge in [-0.2, -0.15) is 0 Å². The fraction of sp³-hybridized carbons (Fsp3) is 0.312. The van der Waals surface area contributed by atoms with Crippen LogP contribution in [0.1, 0.15) is 21.9 Å². The summed E-state index contributed by atoms with van der Waals surface area (Å²) in [4.78, 5) is 13.6. The SMILES string of the molecule is COC(=O)c1cc(CNc2ccc(N(C)C)cc2)oc1C. The van der Waals surface area contributed by atoms with E-state index in [-0.39, 0.29) is 5.97 Å². The van der Waals surface area contributed by atoms with Gasteiger partial charge in [-0.25, -0.2) is 4.79 Å². The first kappa shape index (κ1) is 15.0. The normalized spacial score (nSPS) is 10.3. The Balaban J connectivity index is 2.01. The van der Waals surface area contributed by atoms with Crippen molar-refractivity contribution in [2.24, 2.45) is 0 Å². The maximum absolute atomic E-state index is 11.5. The summed E-state index contributed by atoms with van der Waals surface area (Å²) in [5.41, 5.74) is 2.61. The molecule has 1 aromatic carbocycles. The fourth-order valence-electron chi connectivity index (χ4n) is 2.01. The number of anilines is 2. The minimum Gasteiger partial charge on any atom is -0.465 e. The molecule has 0 saturated carbocycles. The van der Waals surface area contributed by atoms with Crippen molar-refractivity contribution in [3.63, 3.8) is 0 Å². The minimum absolute atomic E-state index is 0.377. The van der Waals surface area contributed by atoms with Gasteiger partial charge in [-0.05, 0) is 37.3 Å². The maximum atomic E-state index is 11.5. The van der Waals surface area contributed by atoms with Crippen molar-refractivity contribution in [3.05, 3.63) is 47.4 Å². The molecule has 0 radical (unpaired) electrons. The molecule has 1 aromatic heterocycles. The van der Waals surface area contributed by atoms with Crippen LogP contribution in [0.2, 0.25) is 0 Å². The van der Waals surface area contributed by atoms with E-state index in [9.17, 15) is 4.79 Å². The van der Waals surface area contributed by atoms with Crippen LogP contribution in [0, 0.1) is 6.92 Å². The second-order valence-electron chi connectivity index (χ2n) is 4.97. The Kier molecular flexibility index (Phi) is 4.52. The molecule has 0 aliphatic heterocycles. The van der Waals surface area contributed by atoms with E-state index in [2.05, 4.69) is 5.32 Å². The summed E-state index contributed by atoms with van der Waals surface area (Å²) in [5, 5.41) is 3.26. The number of nitrogens with one attached hydrogen (secondary N) is 1. The Morgan fingerprint density at radius 3 is 2.52 bits per heavy atom. The summed E-state index contributed by atoms with van der Waals surface area (Å²) in [5.74, 6) is 0.893. The summed E-state index contributed by atoms with van der Waals surface area (Å²) in [7, 11) is 5.36. The number of nitrogens with zero attached hydrogens (tertiary/aromatic N) is 1. The molecule has 0 atom stereocenters. The number of esters is 1. The molecule has 112 valence electrons. The molecular weight excluding hydrogens is 268 g/mol. The van der Waals surface area contributed by atoms with Gasteiger partial charge in [0.05, 0.1) is 13.7 Å². The third kappa shape index (κ3) is 3.56. The highest BCUT2D eigenvalue weighted by Gasteiger charge is 2.14. The van der Waals surface area contributed by atoms with Crippen LogP contribution >= 0.6 is 0 Å². The molecule has 0 fully saturated rings. The van der Waals surface area contributed by atoms with Crippen molar-refractivity contribution in [1.29, 1.82) is 0 Å². The number of carbonyl (C=O) groups excluding carboxylic acids is 1. The second kappa shape index (κ2) is 6.35. The average Bonchev–Trinajstić information content (AvgIpc) is 2.86. The molecule has 0 amide bonds. The number of hydrogen-bond donors (Lipinski definition) is 1. The topological polar surface area (TPSA) is 54.7 Å². The van der Waals surface area contributed by atoms with Crippen molar-refractivity contribution in [2.45, 2.75) is 13.5 Å². The van der Waals surface area contributed by atoms with Crippen LogP contribution in [0.25, 0.3) is 0 Å². The van der Waals surface area contributed by atoms with Crippen LogP contribution in [0.3, 0.4) is 0 Å². The predicted molar refractivity (Wildman–Crippen MR) is 82.9 cm³/mol. The molecule has 0 bridgehead atoms. The number of methoxy groups -OCH3 is 1. The van der Waals surface area contributed by atoms with Crippen molar-refractivity contribution in [3.8, 4) is 0 Å². The Bertz CT molecular complexity index is 615. The van der Waals surface area contributed by atoms with Crippen LogP contribution in [-0.2, 0) is 11.3 Å². The number of ether oxygens (including phenoxy) is 1. The highest BCUT2D eigenvalue weighted by molar-refractivity contribution is 5.90. The lowest BCUT2D eigenvalue weighted by Crippen LogP contribution is -2.08. The van der Waals surface area contributed by atoms with Gasteiger partial charge < -0.3 is 19.4 Å². The summed E-state index contributed by atoms with van der Waals surface area (Å²) < 4.78 is 10.3. The zero-order valence-corrected chi connectivity index (χ0v) is 12.8. The standard InChI is InChI=1S/C16H20N2O3/c1-11-15(16(19)20-4)9-14(21-11)10-17-12-5-7-13(8-6-12)18(2)3/h5-9,17H,10H2,1-4H3. The number of benzene rings is 1. The molecule has 0 unspecified atom stereocenters. The predicted octanol–water partition coefficient (Wildman–Crippen LogP) is 3.05. The Morgan fingerprint density at radius 1 is 1.29 bits per heavy atom. The van der Waals surface area contributed by atoms with E-state index in [1.807, 2.05) is 43.3 Å². The summed E-state index contributed by atoms with van der Waals surface area (Å²) in [6, 6.07) is 9.80. The number of hydrogen-bond acceptors (Lipinski definition) is 5. The lowest BCUT2D eigenvalue weighted by molar-refractivity contribution is 0.0599. The zero-order valence-electron chi connectivity index (χ0n) is 12.8. The molecule has 0 aliphatic rings. The van der Waals surface area contributed by atoms with Crippen LogP contribution in [0.15, 0.2) is 34.7 Å². The molecule has 1 N–H and O–H groups in total. The molecule has 0 saturated heterocycles. The molecule has 5 nitrogen and oxygen atoms in total. The number of furan rings is 1. The average molecular weight is 288 g/mol. The second-order valence-corrected chi connectivity index (χ2v) is 4.97. The third-order valence-corrected chi connectivity index (χ3v) is 3.22. The van der Waals surface area contributed by atoms with Crippen molar-refractivity contribution in [1.82, 2.24) is 0 Å². The summed E-state index contributed by atoms with van der Waals surface area (Å²) in [6.07, 6.45) is 0. The van der Waals surface area contributed by atoms with E-state index in [0.29, 0.717) is 23.6 Å². The van der Waals surface area contributed by atoms with Crippen molar-refractivity contribution in [2.75, 3.05) is 31.4 Å². The first-order valence-corrected chi connectivity index (χ1v) is 6.70. The number of rotatable bonds is 5. The van der Waals surface area contributed by atoms with Gasteiger partial charge in [-0.15, -0.1) is 0 Å². The molecule has 2 rings (SSSR count). The van der Waals surface area contributed by atoms with Gasteiger partial charge in [0.25, 0.3) is 0 Å². The third-order valence-electron chi connectivity index (χ3n) is 3.22. The first-order chi connectivity index (χ1) is 10.0. The minimum atomic E-state index is -0.377. The van der Waals surface area contributed by atoms with E-state index in [1.165, 1.54) is 7.11 Å². The maximum Gasteiger partial charge on any atom is 0.341 e. The molecule has 0 spiro atoms. The van der Waals surface area contributed by atoms with E-state index in [4.69, 9.17) is 9.15 Å².